The third kappa shape index (κ3) is 3.75. The minimum atomic E-state index is -0.360. The van der Waals surface area contributed by atoms with Gasteiger partial charge in [-0.15, -0.1) is 0 Å². The van der Waals surface area contributed by atoms with Gasteiger partial charge in [-0.2, -0.15) is 0 Å². The number of halogens is 2. The lowest BCUT2D eigenvalue weighted by Crippen LogP contribution is -2.39. The van der Waals surface area contributed by atoms with E-state index in [0.717, 1.165) is 6.42 Å². The molecular formula is C12H13Cl2N3O2. The second-order valence-electron chi connectivity index (χ2n) is 4.18. The molecule has 3 amide bonds. The van der Waals surface area contributed by atoms with Gasteiger partial charge in [0, 0.05) is 18.1 Å². The second kappa shape index (κ2) is 6.12. The average molecular weight is 302 g/mol. The van der Waals surface area contributed by atoms with Crippen LogP contribution in [0.3, 0.4) is 0 Å². The number of nitrogens with zero attached hydrogens (tertiary/aromatic N) is 1. The minimum Gasteiger partial charge on any atom is -0.354 e. The first kappa shape index (κ1) is 14.0. The molecule has 1 aromatic rings. The number of hydrogen-bond acceptors (Lipinski definition) is 2. The maximum absolute atomic E-state index is 12.1. The molecule has 0 bridgehead atoms. The minimum absolute atomic E-state index is 0.0457. The molecule has 1 aromatic carbocycles. The van der Waals surface area contributed by atoms with Gasteiger partial charge in [0.2, 0.25) is 5.91 Å². The zero-order chi connectivity index (χ0) is 13.8. The number of carbonyl (C=O) groups excluding carboxylic acids is 2. The summed E-state index contributed by atoms with van der Waals surface area (Å²) in [5.74, 6) is -0.162. The van der Waals surface area contributed by atoms with Gasteiger partial charge in [0.15, 0.2) is 0 Å². The van der Waals surface area contributed by atoms with Crippen LogP contribution in [0.2, 0.25) is 10.0 Å². The standard InChI is InChI=1S/C12H13Cl2N3O2/c13-8-2-3-9(14)10(6-8)16-12(19)17-5-1-4-15-11(18)7-17/h2-3,6H,1,4-5,7H2,(H,15,18)(H,16,19). The third-order valence-electron chi connectivity index (χ3n) is 2.72. The molecule has 0 spiro atoms. The molecule has 0 aliphatic carbocycles. The Morgan fingerprint density at radius 1 is 1.37 bits per heavy atom. The first-order valence-corrected chi connectivity index (χ1v) is 6.59. The van der Waals surface area contributed by atoms with Crippen LogP contribution in [-0.4, -0.2) is 36.5 Å². The van der Waals surface area contributed by atoms with Crippen LogP contribution in [0.15, 0.2) is 18.2 Å². The van der Waals surface area contributed by atoms with Gasteiger partial charge in [0.25, 0.3) is 0 Å². The van der Waals surface area contributed by atoms with E-state index in [1.807, 2.05) is 0 Å². The molecule has 1 saturated heterocycles. The highest BCUT2D eigenvalue weighted by Crippen LogP contribution is 2.25. The molecule has 0 radical (unpaired) electrons. The molecule has 2 rings (SSSR count). The maximum atomic E-state index is 12.1. The Balaban J connectivity index is 2.07. The number of hydrogen-bond donors (Lipinski definition) is 2. The molecule has 1 aliphatic rings. The number of nitrogens with one attached hydrogen (secondary N) is 2. The average Bonchev–Trinajstić information content (AvgIpc) is 2.58. The number of urea groups is 1. The van der Waals surface area contributed by atoms with Crippen molar-refractivity contribution in [1.29, 1.82) is 0 Å². The monoisotopic (exact) mass is 301 g/mol. The third-order valence-corrected chi connectivity index (χ3v) is 3.28. The summed E-state index contributed by atoms with van der Waals surface area (Å²) in [4.78, 5) is 24.9. The molecule has 0 aromatic heterocycles. The summed E-state index contributed by atoms with van der Waals surface area (Å²) in [7, 11) is 0. The molecule has 0 atom stereocenters. The Morgan fingerprint density at radius 2 is 2.16 bits per heavy atom. The predicted octanol–water partition coefficient (Wildman–Crippen LogP) is 2.35. The Kier molecular flexibility index (Phi) is 4.50. The molecule has 1 heterocycles. The lowest BCUT2D eigenvalue weighted by atomic mass is 10.3. The quantitative estimate of drug-likeness (QED) is 0.836. The molecule has 1 fully saturated rings. The van der Waals surface area contributed by atoms with Crippen LogP contribution >= 0.6 is 23.2 Å². The van der Waals surface area contributed by atoms with E-state index in [-0.39, 0.29) is 18.5 Å². The van der Waals surface area contributed by atoms with Gasteiger partial charge in [-0.05, 0) is 24.6 Å². The summed E-state index contributed by atoms with van der Waals surface area (Å²) in [5.41, 5.74) is 0.434. The maximum Gasteiger partial charge on any atom is 0.322 e. The summed E-state index contributed by atoms with van der Waals surface area (Å²) in [6.45, 7) is 1.15. The van der Waals surface area contributed by atoms with E-state index in [9.17, 15) is 9.59 Å². The zero-order valence-corrected chi connectivity index (χ0v) is 11.6. The molecule has 5 nitrogen and oxygen atoms in total. The second-order valence-corrected chi connectivity index (χ2v) is 5.02. The van der Waals surface area contributed by atoms with Crippen molar-refractivity contribution in [1.82, 2.24) is 10.2 Å². The molecule has 0 unspecified atom stereocenters. The number of benzene rings is 1. The van der Waals surface area contributed by atoms with Gasteiger partial charge in [0.05, 0.1) is 10.7 Å². The van der Waals surface area contributed by atoms with Crippen molar-refractivity contribution in [2.24, 2.45) is 0 Å². The molecule has 7 heteroatoms. The number of carbonyl (C=O) groups is 2. The normalized spacial score (nSPS) is 15.7. The van der Waals surface area contributed by atoms with Crippen molar-refractivity contribution < 1.29 is 9.59 Å². The van der Waals surface area contributed by atoms with Gasteiger partial charge < -0.3 is 15.5 Å². The van der Waals surface area contributed by atoms with Crippen LogP contribution in [0.1, 0.15) is 6.42 Å². The van der Waals surface area contributed by atoms with E-state index >= 15 is 0 Å². The van der Waals surface area contributed by atoms with Crippen LogP contribution in [0.25, 0.3) is 0 Å². The molecule has 0 saturated carbocycles. The number of amides is 3. The highest BCUT2D eigenvalue weighted by molar-refractivity contribution is 6.35. The Bertz CT molecular complexity index is 508. The van der Waals surface area contributed by atoms with Crippen LogP contribution in [-0.2, 0) is 4.79 Å². The highest BCUT2D eigenvalue weighted by atomic mass is 35.5. The Hall–Kier alpha value is -1.46. The van der Waals surface area contributed by atoms with E-state index in [1.165, 1.54) is 4.90 Å². The van der Waals surface area contributed by atoms with E-state index in [0.29, 0.717) is 28.8 Å². The fourth-order valence-electron chi connectivity index (χ4n) is 1.77. The summed E-state index contributed by atoms with van der Waals surface area (Å²) in [6, 6.07) is 4.45. The van der Waals surface area contributed by atoms with E-state index < -0.39 is 0 Å². The highest BCUT2D eigenvalue weighted by Gasteiger charge is 2.20. The van der Waals surface area contributed by atoms with Crippen LogP contribution in [0.5, 0.6) is 0 Å². The van der Waals surface area contributed by atoms with Crippen LogP contribution in [0.4, 0.5) is 10.5 Å². The molecule has 1 aliphatic heterocycles. The van der Waals surface area contributed by atoms with Gasteiger partial charge in [0.1, 0.15) is 6.54 Å². The SMILES string of the molecule is O=C1CN(C(=O)Nc2cc(Cl)ccc2Cl)CCCN1. The predicted molar refractivity (Wildman–Crippen MR) is 74.7 cm³/mol. The Morgan fingerprint density at radius 3 is 2.95 bits per heavy atom. The zero-order valence-electron chi connectivity index (χ0n) is 10.1. The van der Waals surface area contributed by atoms with E-state index in [2.05, 4.69) is 10.6 Å². The topological polar surface area (TPSA) is 61.4 Å². The summed E-state index contributed by atoms with van der Waals surface area (Å²) >= 11 is 11.8. The van der Waals surface area contributed by atoms with Crippen molar-refractivity contribution in [3.63, 3.8) is 0 Å². The Labute approximate surface area is 120 Å². The van der Waals surface area contributed by atoms with Gasteiger partial charge in [-0.3, -0.25) is 4.79 Å². The molecule has 2 N–H and O–H groups in total. The summed E-state index contributed by atoms with van der Waals surface area (Å²) in [5, 5.41) is 6.25. The summed E-state index contributed by atoms with van der Waals surface area (Å²) in [6.07, 6.45) is 0.725. The number of rotatable bonds is 1. The van der Waals surface area contributed by atoms with Gasteiger partial charge >= 0.3 is 6.03 Å². The van der Waals surface area contributed by atoms with Crippen LogP contribution in [0, 0.1) is 0 Å². The van der Waals surface area contributed by atoms with Crippen molar-refractivity contribution in [2.75, 3.05) is 25.0 Å². The van der Waals surface area contributed by atoms with Crippen molar-refractivity contribution in [3.05, 3.63) is 28.2 Å². The lowest BCUT2D eigenvalue weighted by molar-refractivity contribution is -0.120. The largest absolute Gasteiger partial charge is 0.354 e. The number of anilines is 1. The first-order chi connectivity index (χ1) is 9.06. The molecular weight excluding hydrogens is 289 g/mol. The van der Waals surface area contributed by atoms with Crippen molar-refractivity contribution >= 4 is 40.8 Å². The van der Waals surface area contributed by atoms with Gasteiger partial charge in [-0.1, -0.05) is 23.2 Å². The van der Waals surface area contributed by atoms with Crippen LogP contribution < -0.4 is 10.6 Å². The molecule has 19 heavy (non-hydrogen) atoms. The fourth-order valence-corrected chi connectivity index (χ4v) is 2.10. The summed E-state index contributed by atoms with van der Waals surface area (Å²) < 4.78 is 0. The van der Waals surface area contributed by atoms with E-state index in [1.54, 1.807) is 18.2 Å². The lowest BCUT2D eigenvalue weighted by Gasteiger charge is -2.20. The fraction of sp³-hybridized carbons (Fsp3) is 0.333. The van der Waals surface area contributed by atoms with E-state index in [4.69, 9.17) is 23.2 Å². The van der Waals surface area contributed by atoms with Crippen molar-refractivity contribution in [3.8, 4) is 0 Å². The first-order valence-electron chi connectivity index (χ1n) is 5.84. The smallest absolute Gasteiger partial charge is 0.322 e. The molecule has 102 valence electrons. The van der Waals surface area contributed by atoms with Gasteiger partial charge in [-0.25, -0.2) is 4.79 Å². The van der Waals surface area contributed by atoms with Crippen molar-refractivity contribution in [2.45, 2.75) is 6.42 Å².